The average molecular weight is 650 g/mol. The van der Waals surface area contributed by atoms with E-state index in [0.717, 1.165) is 63.8 Å². The second-order valence-corrected chi connectivity index (χ2v) is 12.3. The number of fused-ring (bicyclic) bond motifs is 2. The fourth-order valence-corrected chi connectivity index (χ4v) is 7.74. The van der Waals surface area contributed by atoms with E-state index in [9.17, 15) is 14.3 Å². The van der Waals surface area contributed by atoms with E-state index >= 15 is 0 Å². The Labute approximate surface area is 268 Å². The standard InChI is InChI=1S/C31H45FN4O3.3ClH/c1-6-27-26-19-39-31(29(26)36(7-2)33-27)11-13-35(14-12-31)18-22-16-24(34(5)28(20(3)4)30(37)38)17-25(22)21-9-8-10-23(32)15-21;;;/h8-10,15,20,22,24-25,28H,6-7,11-14,16-19H2,1-5H3,(H,37,38);3*1H/t22?,24?,25?,28-;;;/m1.../s1. The molecule has 1 saturated carbocycles. The van der Waals surface area contributed by atoms with Crippen molar-refractivity contribution < 1.29 is 19.0 Å². The van der Waals surface area contributed by atoms with Crippen molar-refractivity contribution in [2.75, 3.05) is 26.7 Å². The van der Waals surface area contributed by atoms with Crippen molar-refractivity contribution in [1.82, 2.24) is 19.6 Å². The van der Waals surface area contributed by atoms with Crippen molar-refractivity contribution in [3.8, 4) is 0 Å². The molecule has 5 rings (SSSR count). The molecule has 3 unspecified atom stereocenters. The van der Waals surface area contributed by atoms with Crippen LogP contribution in [0.3, 0.4) is 0 Å². The number of ether oxygens (including phenoxy) is 1. The molecule has 2 fully saturated rings. The van der Waals surface area contributed by atoms with Crippen molar-refractivity contribution in [3.05, 3.63) is 52.6 Å². The summed E-state index contributed by atoms with van der Waals surface area (Å²) in [4.78, 5) is 16.7. The van der Waals surface area contributed by atoms with Gasteiger partial charge in [0.05, 0.1) is 18.0 Å². The zero-order chi connectivity index (χ0) is 27.9. The molecular formula is C31H48Cl3FN4O3. The van der Waals surface area contributed by atoms with Gasteiger partial charge in [-0.3, -0.25) is 14.4 Å². The van der Waals surface area contributed by atoms with Crippen molar-refractivity contribution in [2.45, 2.75) is 96.6 Å². The number of carbonyl (C=O) groups is 1. The van der Waals surface area contributed by atoms with Crippen LogP contribution in [0.15, 0.2) is 24.3 Å². The number of hydrogen-bond donors (Lipinski definition) is 1. The second-order valence-electron chi connectivity index (χ2n) is 12.3. The minimum absolute atomic E-state index is 0. The number of rotatable bonds is 9. The van der Waals surface area contributed by atoms with Crippen molar-refractivity contribution in [2.24, 2.45) is 11.8 Å². The van der Waals surface area contributed by atoms with Crippen molar-refractivity contribution in [1.29, 1.82) is 0 Å². The molecule has 3 heterocycles. The maximum Gasteiger partial charge on any atom is 0.321 e. The molecule has 7 nitrogen and oxygen atoms in total. The molecule has 3 aliphatic rings. The van der Waals surface area contributed by atoms with E-state index in [-0.39, 0.29) is 66.5 Å². The first kappa shape index (κ1) is 36.8. The Morgan fingerprint density at radius 1 is 1.19 bits per heavy atom. The molecule has 0 amide bonds. The van der Waals surface area contributed by atoms with Gasteiger partial charge in [-0.05, 0) is 81.5 Å². The van der Waals surface area contributed by atoms with E-state index in [0.29, 0.717) is 12.5 Å². The summed E-state index contributed by atoms with van der Waals surface area (Å²) >= 11 is 0. The Balaban J connectivity index is 0.00000205. The SMILES string of the molecule is CCc1nn(CC)c2c1COC21CCN(CC2CC(N(C)[C@@H](C(=O)O)C(C)C)CC2c2cccc(F)c2)CC1.Cl.Cl.Cl. The molecule has 4 atom stereocenters. The highest BCUT2D eigenvalue weighted by Gasteiger charge is 2.48. The number of aryl methyl sites for hydroxylation is 2. The first-order valence-corrected chi connectivity index (χ1v) is 14.8. The van der Waals surface area contributed by atoms with Gasteiger partial charge in [-0.15, -0.1) is 37.2 Å². The number of benzene rings is 1. The van der Waals surface area contributed by atoms with Gasteiger partial charge in [-0.2, -0.15) is 5.10 Å². The van der Waals surface area contributed by atoms with Crippen LogP contribution in [0.2, 0.25) is 0 Å². The van der Waals surface area contributed by atoms with Crippen LogP contribution in [0, 0.1) is 17.7 Å². The molecule has 1 aliphatic carbocycles. The number of aromatic nitrogens is 2. The molecule has 1 spiro atoms. The normalized spacial score (nSPS) is 23.8. The smallest absolute Gasteiger partial charge is 0.321 e. The molecule has 2 aromatic rings. The summed E-state index contributed by atoms with van der Waals surface area (Å²) in [6, 6.07) is 6.64. The first-order chi connectivity index (χ1) is 18.7. The molecular weight excluding hydrogens is 602 g/mol. The van der Waals surface area contributed by atoms with Crippen LogP contribution in [-0.2, 0) is 34.7 Å². The van der Waals surface area contributed by atoms with E-state index < -0.39 is 12.0 Å². The van der Waals surface area contributed by atoms with Gasteiger partial charge in [0.1, 0.15) is 17.5 Å². The van der Waals surface area contributed by atoms with Gasteiger partial charge in [0.25, 0.3) is 0 Å². The highest BCUT2D eigenvalue weighted by Crippen LogP contribution is 2.47. The number of aliphatic carboxylic acids is 1. The summed E-state index contributed by atoms with van der Waals surface area (Å²) in [7, 11) is 1.95. The van der Waals surface area contributed by atoms with Crippen LogP contribution in [0.5, 0.6) is 0 Å². The molecule has 11 heteroatoms. The summed E-state index contributed by atoms with van der Waals surface area (Å²) in [6.45, 7) is 12.6. The third kappa shape index (κ3) is 6.94. The number of carboxylic acid groups (broad SMARTS) is 1. The van der Waals surface area contributed by atoms with E-state index in [4.69, 9.17) is 9.84 Å². The number of nitrogens with zero attached hydrogens (tertiary/aromatic N) is 4. The van der Waals surface area contributed by atoms with Gasteiger partial charge in [0.2, 0.25) is 0 Å². The van der Waals surface area contributed by atoms with Gasteiger partial charge in [0.15, 0.2) is 0 Å². The molecule has 1 N–H and O–H groups in total. The summed E-state index contributed by atoms with van der Waals surface area (Å²) in [5.41, 5.74) is 4.57. The molecule has 238 valence electrons. The third-order valence-corrected chi connectivity index (χ3v) is 9.69. The summed E-state index contributed by atoms with van der Waals surface area (Å²) in [5.74, 6) is -0.426. The highest BCUT2D eigenvalue weighted by molar-refractivity contribution is 5.86. The minimum atomic E-state index is -0.770. The van der Waals surface area contributed by atoms with Gasteiger partial charge >= 0.3 is 5.97 Å². The molecule has 0 radical (unpaired) electrons. The third-order valence-electron chi connectivity index (χ3n) is 9.69. The largest absolute Gasteiger partial charge is 0.480 e. The molecule has 42 heavy (non-hydrogen) atoms. The van der Waals surface area contributed by atoms with Crippen LogP contribution >= 0.6 is 37.2 Å². The summed E-state index contributed by atoms with van der Waals surface area (Å²) in [6.07, 6.45) is 4.59. The quantitative estimate of drug-likeness (QED) is 0.344. The predicted molar refractivity (Wildman–Crippen MR) is 171 cm³/mol. The fourth-order valence-electron chi connectivity index (χ4n) is 7.74. The maximum atomic E-state index is 14.3. The monoisotopic (exact) mass is 648 g/mol. The number of hydrogen-bond acceptors (Lipinski definition) is 5. The number of likely N-dealkylation sites (tertiary alicyclic amines) is 1. The highest BCUT2D eigenvalue weighted by atomic mass is 35.5. The first-order valence-electron chi connectivity index (χ1n) is 14.8. The minimum Gasteiger partial charge on any atom is -0.480 e. The lowest BCUT2D eigenvalue weighted by Gasteiger charge is -2.40. The Morgan fingerprint density at radius 2 is 1.88 bits per heavy atom. The van der Waals surface area contributed by atoms with Crippen LogP contribution < -0.4 is 0 Å². The molecule has 1 saturated heterocycles. The molecule has 0 bridgehead atoms. The van der Waals surface area contributed by atoms with Crippen molar-refractivity contribution >= 4 is 43.2 Å². The number of likely N-dealkylation sites (N-methyl/N-ethyl adjacent to an activating group) is 1. The van der Waals surface area contributed by atoms with Gasteiger partial charge in [0, 0.05) is 37.8 Å². The molecule has 1 aromatic heterocycles. The van der Waals surface area contributed by atoms with Crippen LogP contribution in [0.4, 0.5) is 4.39 Å². The Morgan fingerprint density at radius 3 is 2.45 bits per heavy atom. The summed E-state index contributed by atoms with van der Waals surface area (Å²) in [5, 5.41) is 14.8. The summed E-state index contributed by atoms with van der Waals surface area (Å²) < 4.78 is 23.0. The fraction of sp³-hybridized carbons (Fsp3) is 0.677. The second kappa shape index (κ2) is 15.0. The Hall–Kier alpha value is -1.42. The van der Waals surface area contributed by atoms with Crippen LogP contribution in [0.1, 0.15) is 81.8 Å². The van der Waals surface area contributed by atoms with Gasteiger partial charge < -0.3 is 14.7 Å². The lowest BCUT2D eigenvalue weighted by molar-refractivity contribution is -0.145. The zero-order valence-electron chi connectivity index (χ0n) is 25.4. The lowest BCUT2D eigenvalue weighted by Crippen LogP contribution is -2.47. The lowest BCUT2D eigenvalue weighted by atomic mass is 9.85. The maximum absolute atomic E-state index is 14.3. The van der Waals surface area contributed by atoms with Crippen molar-refractivity contribution in [3.63, 3.8) is 0 Å². The average Bonchev–Trinajstić information content (AvgIpc) is 3.59. The van der Waals surface area contributed by atoms with Gasteiger partial charge in [-0.25, -0.2) is 4.39 Å². The Kier molecular flexibility index (Phi) is 13.2. The van der Waals surface area contributed by atoms with E-state index in [1.54, 1.807) is 12.1 Å². The van der Waals surface area contributed by atoms with Crippen LogP contribution in [0.25, 0.3) is 0 Å². The topological polar surface area (TPSA) is 70.8 Å². The number of carboxylic acids is 1. The molecule has 2 aliphatic heterocycles. The van der Waals surface area contributed by atoms with E-state index in [2.05, 4.69) is 28.3 Å². The Bertz CT molecular complexity index is 1190. The number of piperidine rings is 1. The predicted octanol–water partition coefficient (Wildman–Crippen LogP) is 6.29. The van der Waals surface area contributed by atoms with Gasteiger partial charge in [-0.1, -0.05) is 32.9 Å². The van der Waals surface area contributed by atoms with E-state index in [1.807, 2.05) is 27.0 Å². The number of halogens is 4. The zero-order valence-corrected chi connectivity index (χ0v) is 27.9. The van der Waals surface area contributed by atoms with E-state index in [1.165, 1.54) is 23.0 Å². The van der Waals surface area contributed by atoms with Crippen LogP contribution in [-0.4, -0.2) is 69.4 Å². The molecule has 1 aromatic carbocycles.